The van der Waals surface area contributed by atoms with Crippen LogP contribution in [0, 0.1) is 6.92 Å². The number of nitrogens with one attached hydrogen (secondary N) is 2. The van der Waals surface area contributed by atoms with E-state index in [0.717, 1.165) is 23.9 Å². The number of amides is 1. The van der Waals surface area contributed by atoms with Crippen LogP contribution in [0.5, 0.6) is 5.75 Å². The summed E-state index contributed by atoms with van der Waals surface area (Å²) in [5.74, 6) is -0.710. The van der Waals surface area contributed by atoms with Crippen LogP contribution in [-0.2, 0) is 4.79 Å². The highest BCUT2D eigenvalue weighted by molar-refractivity contribution is 7.99. The van der Waals surface area contributed by atoms with E-state index in [4.69, 9.17) is 0 Å². The molecule has 0 bridgehead atoms. The van der Waals surface area contributed by atoms with Crippen LogP contribution in [0.1, 0.15) is 5.69 Å². The molecule has 3 aromatic rings. The quantitative estimate of drug-likeness (QED) is 0.627. The van der Waals surface area contributed by atoms with Crippen molar-refractivity contribution in [2.75, 3.05) is 11.1 Å². The number of rotatable bonds is 5. The number of fused-ring (bicyclic) bond motifs is 1. The summed E-state index contributed by atoms with van der Waals surface area (Å²) in [6, 6.07) is 4.74. The Hall–Kier alpha value is -3.09. The lowest BCUT2D eigenvalue weighted by Crippen LogP contribution is -2.17. The number of thioether (sulfide) groups is 1. The van der Waals surface area contributed by atoms with Crippen LogP contribution < -0.4 is 15.6 Å². The fraction of sp³-hybridized carbons (Fsp3) is 0.214. The van der Waals surface area contributed by atoms with Crippen LogP contribution >= 0.6 is 11.8 Å². The second kappa shape index (κ2) is 7.26. The van der Waals surface area contributed by atoms with Gasteiger partial charge >= 0.3 is 6.36 Å². The number of aryl methyl sites for hydroxylation is 1. The Morgan fingerprint density at radius 2 is 2.00 bits per heavy atom. The Balaban J connectivity index is 1.60. The molecule has 13 heteroatoms. The minimum absolute atomic E-state index is 0.0541. The van der Waals surface area contributed by atoms with Crippen molar-refractivity contribution in [3.8, 4) is 5.75 Å². The van der Waals surface area contributed by atoms with Crippen molar-refractivity contribution in [2.45, 2.75) is 18.4 Å². The van der Waals surface area contributed by atoms with Crippen molar-refractivity contribution in [3.63, 3.8) is 0 Å². The predicted octanol–water partition coefficient (Wildman–Crippen LogP) is 1.75. The van der Waals surface area contributed by atoms with Crippen molar-refractivity contribution in [1.29, 1.82) is 0 Å². The number of aromatic nitrogens is 5. The van der Waals surface area contributed by atoms with Gasteiger partial charge in [-0.2, -0.15) is 9.61 Å². The number of aromatic amines is 1. The Kier molecular flexibility index (Phi) is 5.03. The maximum absolute atomic E-state index is 12.1. The van der Waals surface area contributed by atoms with E-state index < -0.39 is 12.3 Å². The fourth-order valence-electron chi connectivity index (χ4n) is 1.98. The van der Waals surface area contributed by atoms with Crippen molar-refractivity contribution in [1.82, 2.24) is 24.8 Å². The number of benzene rings is 1. The largest absolute Gasteiger partial charge is 0.573 e. The number of ether oxygens (including phenoxy) is 1. The second-order valence-electron chi connectivity index (χ2n) is 5.17. The fourth-order valence-corrected chi connectivity index (χ4v) is 2.66. The van der Waals surface area contributed by atoms with Gasteiger partial charge in [0.2, 0.25) is 11.1 Å². The maximum atomic E-state index is 12.1. The average molecular weight is 400 g/mol. The van der Waals surface area contributed by atoms with Gasteiger partial charge in [-0.3, -0.25) is 14.6 Å². The molecule has 0 atom stereocenters. The highest BCUT2D eigenvalue weighted by Crippen LogP contribution is 2.24. The Labute approximate surface area is 152 Å². The van der Waals surface area contributed by atoms with Gasteiger partial charge in [0, 0.05) is 5.69 Å². The van der Waals surface area contributed by atoms with Gasteiger partial charge in [0.15, 0.2) is 0 Å². The number of alkyl halides is 3. The molecule has 2 aromatic heterocycles. The van der Waals surface area contributed by atoms with Gasteiger partial charge in [0.1, 0.15) is 11.4 Å². The number of anilines is 1. The van der Waals surface area contributed by atoms with Crippen LogP contribution in [0.25, 0.3) is 5.78 Å². The van der Waals surface area contributed by atoms with Crippen LogP contribution in [0.15, 0.2) is 34.2 Å². The van der Waals surface area contributed by atoms with Gasteiger partial charge in [-0.15, -0.1) is 23.4 Å². The number of carbonyl (C=O) groups excluding carboxylic acids is 1. The third kappa shape index (κ3) is 4.75. The minimum Gasteiger partial charge on any atom is -0.406 e. The summed E-state index contributed by atoms with van der Waals surface area (Å²) in [7, 11) is 0. The van der Waals surface area contributed by atoms with Crippen molar-refractivity contribution < 1.29 is 22.7 Å². The Bertz CT molecular complexity index is 1030. The van der Waals surface area contributed by atoms with E-state index in [1.54, 1.807) is 0 Å². The summed E-state index contributed by atoms with van der Waals surface area (Å²) < 4.78 is 41.4. The van der Waals surface area contributed by atoms with E-state index in [2.05, 4.69) is 30.3 Å². The average Bonchev–Trinajstić information content (AvgIpc) is 2.96. The normalized spacial score (nSPS) is 11.6. The SMILES string of the molecule is Cc1nn2c(SCC(=O)Nc3ccc(OC(F)(F)F)cc3)nnc2[nH]c1=O. The zero-order valence-electron chi connectivity index (χ0n) is 13.6. The summed E-state index contributed by atoms with van der Waals surface area (Å²) in [6.45, 7) is 1.52. The number of hydrogen-bond acceptors (Lipinski definition) is 7. The van der Waals surface area contributed by atoms with Crippen LogP contribution in [0.4, 0.5) is 18.9 Å². The maximum Gasteiger partial charge on any atom is 0.573 e. The lowest BCUT2D eigenvalue weighted by Gasteiger charge is -2.09. The van der Waals surface area contributed by atoms with E-state index in [9.17, 15) is 22.8 Å². The van der Waals surface area contributed by atoms with E-state index in [0.29, 0.717) is 10.8 Å². The topological polar surface area (TPSA) is 114 Å². The highest BCUT2D eigenvalue weighted by atomic mass is 32.2. The molecule has 0 spiro atoms. The molecule has 0 aliphatic rings. The molecule has 27 heavy (non-hydrogen) atoms. The lowest BCUT2D eigenvalue weighted by atomic mass is 10.3. The van der Waals surface area contributed by atoms with Crippen molar-refractivity contribution in [2.24, 2.45) is 0 Å². The first-order valence-electron chi connectivity index (χ1n) is 7.32. The number of carbonyl (C=O) groups is 1. The smallest absolute Gasteiger partial charge is 0.406 e. The zero-order valence-corrected chi connectivity index (χ0v) is 14.4. The summed E-state index contributed by atoms with van der Waals surface area (Å²) >= 11 is 1.03. The molecule has 142 valence electrons. The third-order valence-corrected chi connectivity index (χ3v) is 4.04. The van der Waals surface area contributed by atoms with Gasteiger partial charge in [0.25, 0.3) is 11.3 Å². The lowest BCUT2D eigenvalue weighted by molar-refractivity contribution is -0.274. The molecular weight excluding hydrogens is 389 g/mol. The molecule has 1 amide bonds. The molecule has 0 aliphatic carbocycles. The van der Waals surface area contributed by atoms with Crippen LogP contribution in [-0.4, -0.2) is 42.8 Å². The predicted molar refractivity (Wildman–Crippen MR) is 88.6 cm³/mol. The molecule has 9 nitrogen and oxygen atoms in total. The molecule has 2 heterocycles. The van der Waals surface area contributed by atoms with E-state index in [1.807, 2.05) is 0 Å². The first-order chi connectivity index (χ1) is 12.7. The van der Waals surface area contributed by atoms with Crippen LogP contribution in [0.3, 0.4) is 0 Å². The Morgan fingerprint density at radius 3 is 2.67 bits per heavy atom. The van der Waals surface area contributed by atoms with E-state index in [-0.39, 0.29) is 28.5 Å². The van der Waals surface area contributed by atoms with E-state index in [1.165, 1.54) is 23.6 Å². The summed E-state index contributed by atoms with van der Waals surface area (Å²) in [5.41, 5.74) is 0.136. The molecule has 0 radical (unpaired) electrons. The minimum atomic E-state index is -4.78. The molecule has 2 N–H and O–H groups in total. The molecule has 0 unspecified atom stereocenters. The van der Waals surface area contributed by atoms with Gasteiger partial charge in [-0.1, -0.05) is 11.8 Å². The van der Waals surface area contributed by atoms with Gasteiger partial charge in [-0.25, -0.2) is 0 Å². The first-order valence-corrected chi connectivity index (χ1v) is 8.30. The molecule has 0 fully saturated rings. The zero-order chi connectivity index (χ0) is 19.6. The molecule has 3 rings (SSSR count). The van der Waals surface area contributed by atoms with E-state index >= 15 is 0 Å². The summed E-state index contributed by atoms with van der Waals surface area (Å²) in [6.07, 6.45) is -4.78. The van der Waals surface area contributed by atoms with Gasteiger partial charge < -0.3 is 10.1 Å². The van der Waals surface area contributed by atoms with Crippen LogP contribution in [0.2, 0.25) is 0 Å². The Morgan fingerprint density at radius 1 is 1.30 bits per heavy atom. The first kappa shape index (κ1) is 18.7. The van der Waals surface area contributed by atoms with Crippen molar-refractivity contribution >= 4 is 29.1 Å². The molecular formula is C14H11F3N6O3S. The molecule has 0 aliphatic heterocycles. The number of hydrogen-bond donors (Lipinski definition) is 2. The number of nitrogens with zero attached hydrogens (tertiary/aromatic N) is 4. The third-order valence-electron chi connectivity index (χ3n) is 3.12. The summed E-state index contributed by atoms with van der Waals surface area (Å²) in [5, 5.41) is 14.5. The van der Waals surface area contributed by atoms with Gasteiger partial charge in [0.05, 0.1) is 5.75 Å². The van der Waals surface area contributed by atoms with Crippen molar-refractivity contribution in [3.05, 3.63) is 40.3 Å². The summed E-state index contributed by atoms with van der Waals surface area (Å²) in [4.78, 5) is 26.0. The number of halogens is 3. The monoisotopic (exact) mass is 400 g/mol. The molecule has 0 saturated heterocycles. The van der Waals surface area contributed by atoms with Gasteiger partial charge in [-0.05, 0) is 31.2 Å². The standard InChI is InChI=1S/C14H11F3N6O3S/c1-7-11(25)19-12-20-21-13(23(12)22-7)27-6-10(24)18-8-2-4-9(5-3-8)26-14(15,16)17/h2-5H,6H2,1H3,(H,18,24)(H,19,20,25). The molecule has 1 aromatic carbocycles. The second-order valence-corrected chi connectivity index (χ2v) is 6.11. The number of H-pyrrole nitrogens is 1. The highest BCUT2D eigenvalue weighted by Gasteiger charge is 2.30. The molecule has 0 saturated carbocycles.